The van der Waals surface area contributed by atoms with Crippen LogP contribution in [0.2, 0.25) is 0 Å². The van der Waals surface area contributed by atoms with Crippen molar-refractivity contribution in [2.75, 3.05) is 11.9 Å². The number of nitrogens with zero attached hydrogens (tertiary/aromatic N) is 1. The van der Waals surface area contributed by atoms with E-state index in [9.17, 15) is 9.18 Å². The number of hydrogen-bond donors (Lipinski definition) is 1. The molecule has 0 aliphatic rings. The Morgan fingerprint density at radius 3 is 2.62 bits per heavy atom. The molecule has 4 rings (SSSR count). The number of carbonyl (C=O) groups is 1. The minimum atomic E-state index is -0.353. The zero-order valence-electron chi connectivity index (χ0n) is 15.9. The van der Waals surface area contributed by atoms with Crippen LogP contribution in [-0.2, 0) is 4.79 Å². The minimum Gasteiger partial charge on any atom is -0.484 e. The van der Waals surface area contributed by atoms with E-state index < -0.39 is 0 Å². The van der Waals surface area contributed by atoms with E-state index in [4.69, 9.17) is 9.72 Å². The summed E-state index contributed by atoms with van der Waals surface area (Å²) in [6, 6.07) is 23.1. The monoisotopic (exact) mass is 386 g/mol. The quantitative estimate of drug-likeness (QED) is 0.502. The van der Waals surface area contributed by atoms with Gasteiger partial charge in [-0.2, -0.15) is 0 Å². The maximum Gasteiger partial charge on any atom is 0.262 e. The molecule has 0 radical (unpaired) electrons. The van der Waals surface area contributed by atoms with Gasteiger partial charge in [-0.15, -0.1) is 0 Å². The minimum absolute atomic E-state index is 0.176. The Labute approximate surface area is 168 Å². The van der Waals surface area contributed by atoms with Crippen LogP contribution in [0.5, 0.6) is 5.75 Å². The number of fused-ring (bicyclic) bond motifs is 1. The summed E-state index contributed by atoms with van der Waals surface area (Å²) in [5.41, 5.74) is 4.33. The second-order valence-electron chi connectivity index (χ2n) is 6.73. The molecule has 0 saturated heterocycles. The highest BCUT2D eigenvalue weighted by molar-refractivity contribution is 5.96. The number of aromatic nitrogens is 1. The summed E-state index contributed by atoms with van der Waals surface area (Å²) in [5.74, 6) is -0.228. The molecule has 1 heterocycles. The molecule has 5 heteroatoms. The molecule has 0 aliphatic carbocycles. The Bertz CT molecular complexity index is 1170. The number of benzene rings is 3. The van der Waals surface area contributed by atoms with E-state index in [0.717, 1.165) is 22.2 Å². The average molecular weight is 386 g/mol. The van der Waals surface area contributed by atoms with Crippen LogP contribution in [0.25, 0.3) is 22.2 Å². The van der Waals surface area contributed by atoms with Gasteiger partial charge in [-0.05, 0) is 55.5 Å². The molecule has 29 heavy (non-hydrogen) atoms. The highest BCUT2D eigenvalue weighted by Crippen LogP contribution is 2.28. The van der Waals surface area contributed by atoms with Gasteiger partial charge in [0.25, 0.3) is 5.91 Å². The lowest BCUT2D eigenvalue weighted by molar-refractivity contribution is -0.118. The number of anilines is 1. The van der Waals surface area contributed by atoms with Crippen LogP contribution in [0.4, 0.5) is 10.1 Å². The van der Waals surface area contributed by atoms with Crippen LogP contribution >= 0.6 is 0 Å². The number of rotatable bonds is 5. The van der Waals surface area contributed by atoms with Crippen LogP contribution in [0, 0.1) is 12.7 Å². The molecule has 4 nitrogen and oxygen atoms in total. The number of ether oxygens (including phenoxy) is 1. The fourth-order valence-corrected chi connectivity index (χ4v) is 3.08. The van der Waals surface area contributed by atoms with E-state index in [1.54, 1.807) is 0 Å². The fourth-order valence-electron chi connectivity index (χ4n) is 3.08. The molecule has 0 unspecified atom stereocenters. The lowest BCUT2D eigenvalue weighted by atomic mass is 10.1. The molecule has 0 aliphatic heterocycles. The van der Waals surface area contributed by atoms with Gasteiger partial charge in [0.15, 0.2) is 6.61 Å². The summed E-state index contributed by atoms with van der Waals surface area (Å²) in [6.45, 7) is 1.87. The largest absolute Gasteiger partial charge is 0.484 e. The summed E-state index contributed by atoms with van der Waals surface area (Å²) in [7, 11) is 0. The molecule has 0 fully saturated rings. The number of pyridine rings is 1. The summed E-state index contributed by atoms with van der Waals surface area (Å²) >= 11 is 0. The van der Waals surface area contributed by atoms with E-state index in [2.05, 4.69) is 11.4 Å². The molecule has 0 atom stereocenters. The van der Waals surface area contributed by atoms with Gasteiger partial charge in [-0.1, -0.05) is 35.9 Å². The summed E-state index contributed by atoms with van der Waals surface area (Å²) in [5, 5.41) is 3.94. The van der Waals surface area contributed by atoms with Crippen LogP contribution in [0.3, 0.4) is 0 Å². The van der Waals surface area contributed by atoms with Crippen molar-refractivity contribution in [1.29, 1.82) is 0 Å². The zero-order chi connectivity index (χ0) is 20.2. The molecule has 144 valence electrons. The normalized spacial score (nSPS) is 10.7. The maximum atomic E-state index is 13.0. The van der Waals surface area contributed by atoms with Crippen LogP contribution in [0.1, 0.15) is 5.56 Å². The van der Waals surface area contributed by atoms with Crippen molar-refractivity contribution in [3.8, 4) is 17.0 Å². The first kappa shape index (κ1) is 18.6. The number of halogens is 1. The Morgan fingerprint density at radius 2 is 1.79 bits per heavy atom. The Morgan fingerprint density at radius 1 is 1.00 bits per heavy atom. The van der Waals surface area contributed by atoms with Gasteiger partial charge in [0, 0.05) is 10.9 Å². The van der Waals surface area contributed by atoms with E-state index in [-0.39, 0.29) is 18.3 Å². The third kappa shape index (κ3) is 4.41. The van der Waals surface area contributed by atoms with E-state index in [1.165, 1.54) is 29.8 Å². The van der Waals surface area contributed by atoms with Crippen molar-refractivity contribution >= 4 is 22.5 Å². The van der Waals surface area contributed by atoms with Gasteiger partial charge in [0.05, 0.1) is 16.9 Å². The molecular weight excluding hydrogens is 367 g/mol. The number of amides is 1. The number of hydrogen-bond acceptors (Lipinski definition) is 3. The maximum absolute atomic E-state index is 13.0. The molecule has 4 aromatic rings. The van der Waals surface area contributed by atoms with Gasteiger partial charge in [0.2, 0.25) is 0 Å². The first-order chi connectivity index (χ1) is 14.1. The van der Waals surface area contributed by atoms with E-state index >= 15 is 0 Å². The van der Waals surface area contributed by atoms with Crippen molar-refractivity contribution in [2.24, 2.45) is 0 Å². The SMILES string of the molecule is Cc1ccc2nc(-c3ccccc3NC(=O)COc3ccc(F)cc3)ccc2c1. The highest BCUT2D eigenvalue weighted by Gasteiger charge is 2.11. The molecule has 0 bridgehead atoms. The van der Waals surface area contributed by atoms with Crippen LogP contribution in [0.15, 0.2) is 78.9 Å². The van der Waals surface area contributed by atoms with Crippen molar-refractivity contribution in [1.82, 2.24) is 4.98 Å². The summed E-state index contributed by atoms with van der Waals surface area (Å²) in [6.07, 6.45) is 0. The second kappa shape index (κ2) is 8.10. The predicted octanol–water partition coefficient (Wildman–Crippen LogP) is 5.37. The van der Waals surface area contributed by atoms with Crippen molar-refractivity contribution in [3.63, 3.8) is 0 Å². The topological polar surface area (TPSA) is 51.2 Å². The summed E-state index contributed by atoms with van der Waals surface area (Å²) in [4.78, 5) is 17.1. The van der Waals surface area contributed by atoms with Gasteiger partial charge in [-0.3, -0.25) is 4.79 Å². The number of para-hydroxylation sites is 1. The predicted molar refractivity (Wildman–Crippen MR) is 112 cm³/mol. The molecule has 0 saturated carbocycles. The lowest BCUT2D eigenvalue weighted by Crippen LogP contribution is -2.20. The zero-order valence-corrected chi connectivity index (χ0v) is 15.9. The molecule has 1 amide bonds. The standard InChI is InChI=1S/C24H19FN2O2/c1-16-6-12-21-17(14-16)7-13-23(26-21)20-4-2-3-5-22(20)27-24(28)15-29-19-10-8-18(25)9-11-19/h2-14H,15H2,1H3,(H,27,28). The Balaban J connectivity index is 1.53. The van der Waals surface area contributed by atoms with Gasteiger partial charge >= 0.3 is 0 Å². The molecule has 1 N–H and O–H groups in total. The van der Waals surface area contributed by atoms with Crippen LogP contribution in [-0.4, -0.2) is 17.5 Å². The smallest absolute Gasteiger partial charge is 0.262 e. The first-order valence-corrected chi connectivity index (χ1v) is 9.23. The molecule has 3 aromatic carbocycles. The number of carbonyl (C=O) groups excluding carboxylic acids is 1. The average Bonchev–Trinajstić information content (AvgIpc) is 2.73. The van der Waals surface area contributed by atoms with Gasteiger partial charge in [0.1, 0.15) is 11.6 Å². The molecule has 0 spiro atoms. The first-order valence-electron chi connectivity index (χ1n) is 9.23. The van der Waals surface area contributed by atoms with Crippen molar-refractivity contribution < 1.29 is 13.9 Å². The number of aryl methyl sites for hydroxylation is 1. The molecule has 1 aromatic heterocycles. The third-order valence-corrected chi connectivity index (χ3v) is 4.51. The number of nitrogens with one attached hydrogen (secondary N) is 1. The molecular formula is C24H19FN2O2. The lowest BCUT2D eigenvalue weighted by Gasteiger charge is -2.12. The summed E-state index contributed by atoms with van der Waals surface area (Å²) < 4.78 is 18.4. The van der Waals surface area contributed by atoms with Crippen molar-refractivity contribution in [3.05, 3.63) is 90.2 Å². The van der Waals surface area contributed by atoms with Gasteiger partial charge in [-0.25, -0.2) is 9.37 Å². The van der Waals surface area contributed by atoms with Gasteiger partial charge < -0.3 is 10.1 Å². The van der Waals surface area contributed by atoms with E-state index in [1.807, 2.05) is 55.5 Å². The Kier molecular flexibility index (Phi) is 5.20. The highest BCUT2D eigenvalue weighted by atomic mass is 19.1. The van der Waals surface area contributed by atoms with Crippen LogP contribution < -0.4 is 10.1 Å². The fraction of sp³-hybridized carbons (Fsp3) is 0.0833. The van der Waals surface area contributed by atoms with E-state index in [0.29, 0.717) is 11.4 Å². The van der Waals surface area contributed by atoms with Crippen molar-refractivity contribution in [2.45, 2.75) is 6.92 Å². The third-order valence-electron chi connectivity index (χ3n) is 4.51. The Hall–Kier alpha value is -3.73. The second-order valence-corrected chi connectivity index (χ2v) is 6.73.